The number of esters is 1. The van der Waals surface area contributed by atoms with E-state index < -0.39 is 17.8 Å². The number of fused-ring (bicyclic) bond motifs is 2. The molecule has 3 atom stereocenters. The molecule has 1 amide bonds. The van der Waals surface area contributed by atoms with Gasteiger partial charge in [-0.2, -0.15) is 0 Å². The Kier molecular flexibility index (Phi) is 7.43. The highest BCUT2D eigenvalue weighted by molar-refractivity contribution is 6.33. The largest absolute Gasteiger partial charge is 0.507 e. The summed E-state index contributed by atoms with van der Waals surface area (Å²) in [6, 6.07) is 1.01. The van der Waals surface area contributed by atoms with Gasteiger partial charge in [-0.1, -0.05) is 35.0 Å². The Balaban J connectivity index is 1.61. The third kappa shape index (κ3) is 5.71. The van der Waals surface area contributed by atoms with Crippen molar-refractivity contribution in [2.45, 2.75) is 50.9 Å². The number of phenolic OH excluding ortho intramolecular Hbond substituents is 2. The molecule has 2 fully saturated rings. The number of rotatable bonds is 4. The van der Waals surface area contributed by atoms with E-state index in [9.17, 15) is 19.8 Å². The van der Waals surface area contributed by atoms with E-state index in [1.54, 1.807) is 24.0 Å². The number of nitrogens with zero attached hydrogens (tertiary/aromatic N) is 2. The van der Waals surface area contributed by atoms with Gasteiger partial charge >= 0.3 is 5.97 Å². The Bertz CT molecular complexity index is 1050. The Hall–Kier alpha value is -3.04. The second-order valence-corrected chi connectivity index (χ2v) is 8.87. The van der Waals surface area contributed by atoms with Crippen LogP contribution in [0.3, 0.4) is 0 Å². The molecule has 0 saturated carbocycles. The second-order valence-electron chi connectivity index (χ2n) is 8.49. The first-order chi connectivity index (χ1) is 16.3. The van der Waals surface area contributed by atoms with Crippen molar-refractivity contribution in [1.82, 2.24) is 4.90 Å². The smallest absolute Gasteiger partial charge is 0.342 e. The maximum Gasteiger partial charge on any atom is 0.342 e. The first-order valence-corrected chi connectivity index (χ1v) is 11.6. The van der Waals surface area contributed by atoms with E-state index in [1.807, 2.05) is 12.2 Å². The van der Waals surface area contributed by atoms with Crippen LogP contribution in [0.5, 0.6) is 11.5 Å². The molecule has 0 unspecified atom stereocenters. The summed E-state index contributed by atoms with van der Waals surface area (Å²) in [7, 11) is 0. The first-order valence-electron chi connectivity index (χ1n) is 11.2. The molecule has 3 aliphatic rings. The minimum Gasteiger partial charge on any atom is -0.507 e. The average Bonchev–Trinajstić information content (AvgIpc) is 3.38. The number of benzene rings is 1. The van der Waals surface area contributed by atoms with Crippen molar-refractivity contribution in [3.63, 3.8) is 0 Å². The third-order valence-corrected chi connectivity index (χ3v) is 6.31. The Morgan fingerprint density at radius 2 is 2.09 bits per heavy atom. The van der Waals surface area contributed by atoms with Crippen molar-refractivity contribution in [1.29, 1.82) is 0 Å². The van der Waals surface area contributed by atoms with Gasteiger partial charge in [-0.3, -0.25) is 4.79 Å². The van der Waals surface area contributed by atoms with Gasteiger partial charge in [-0.05, 0) is 25.0 Å². The monoisotopic (exact) mass is 490 g/mol. The lowest BCUT2D eigenvalue weighted by molar-refractivity contribution is -0.128. The highest BCUT2D eigenvalue weighted by atomic mass is 35.5. The fourth-order valence-corrected chi connectivity index (χ4v) is 4.29. The number of allylic oxidation sites excluding steroid dienone is 3. The van der Waals surface area contributed by atoms with Crippen molar-refractivity contribution in [3.8, 4) is 11.5 Å². The molecule has 2 saturated heterocycles. The summed E-state index contributed by atoms with van der Waals surface area (Å²) < 4.78 is 11.1. The number of carbonyl (C=O) groups excluding carboxylic acids is 2. The number of likely N-dealkylation sites (tertiary alicyclic amines) is 1. The van der Waals surface area contributed by atoms with Crippen LogP contribution >= 0.6 is 11.6 Å². The molecule has 1 aromatic carbocycles. The highest BCUT2D eigenvalue weighted by Crippen LogP contribution is 2.38. The maximum atomic E-state index is 12.9. The second kappa shape index (κ2) is 10.5. The van der Waals surface area contributed by atoms with Crippen LogP contribution in [0.25, 0.3) is 0 Å². The summed E-state index contributed by atoms with van der Waals surface area (Å²) in [6.07, 6.45) is 8.46. The molecule has 2 N–H and O–H groups in total. The molecule has 10 heteroatoms. The summed E-state index contributed by atoms with van der Waals surface area (Å²) in [5, 5.41) is 24.7. The summed E-state index contributed by atoms with van der Waals surface area (Å²) in [6.45, 7) is 3.07. The van der Waals surface area contributed by atoms with Gasteiger partial charge in [-0.15, -0.1) is 0 Å². The van der Waals surface area contributed by atoms with E-state index in [-0.39, 0.29) is 53.0 Å². The average molecular weight is 491 g/mol. The van der Waals surface area contributed by atoms with Gasteiger partial charge in [0.2, 0.25) is 5.91 Å². The number of phenols is 2. The van der Waals surface area contributed by atoms with Crippen LogP contribution in [0.15, 0.2) is 35.5 Å². The fourth-order valence-electron chi connectivity index (χ4n) is 4.07. The van der Waals surface area contributed by atoms with Gasteiger partial charge in [0.05, 0.1) is 23.4 Å². The SMILES string of the molecule is C[C@@H]1C[C@H]2O[C@@H]2\C=C/C=C/C(=N/OCCN2CCCC2=O)Cc2c(Cl)c(O)cc(O)c2C(=O)O1. The van der Waals surface area contributed by atoms with Crippen LogP contribution in [0.1, 0.15) is 42.1 Å². The normalized spacial score (nSPS) is 28.0. The molecule has 182 valence electrons. The van der Waals surface area contributed by atoms with Crippen LogP contribution < -0.4 is 0 Å². The first kappa shape index (κ1) is 24.1. The zero-order valence-corrected chi connectivity index (χ0v) is 19.5. The minimum absolute atomic E-state index is 0.0187. The molecule has 0 aliphatic carbocycles. The Morgan fingerprint density at radius 1 is 1.26 bits per heavy atom. The van der Waals surface area contributed by atoms with Crippen LogP contribution in [-0.4, -0.2) is 70.7 Å². The lowest BCUT2D eigenvalue weighted by Gasteiger charge is -2.17. The van der Waals surface area contributed by atoms with Crippen molar-refractivity contribution in [3.05, 3.63) is 46.5 Å². The number of aromatic hydroxyl groups is 2. The van der Waals surface area contributed by atoms with Crippen molar-refractivity contribution in [2.75, 3.05) is 19.7 Å². The van der Waals surface area contributed by atoms with Gasteiger partial charge in [0.1, 0.15) is 35.9 Å². The molecular formula is C24H27ClN2O7. The van der Waals surface area contributed by atoms with E-state index in [1.165, 1.54) is 0 Å². The summed E-state index contributed by atoms with van der Waals surface area (Å²) in [5.41, 5.74) is 0.413. The van der Waals surface area contributed by atoms with Crippen molar-refractivity contribution < 1.29 is 34.1 Å². The quantitative estimate of drug-likeness (QED) is 0.288. The number of amides is 1. The molecule has 9 nitrogen and oxygen atoms in total. The topological polar surface area (TPSA) is 121 Å². The van der Waals surface area contributed by atoms with Crippen LogP contribution in [0, 0.1) is 0 Å². The summed E-state index contributed by atoms with van der Waals surface area (Å²) >= 11 is 6.33. The summed E-state index contributed by atoms with van der Waals surface area (Å²) in [5.74, 6) is -1.48. The predicted octanol–water partition coefficient (Wildman–Crippen LogP) is 3.12. The zero-order chi connectivity index (χ0) is 24.2. The number of hydrogen-bond donors (Lipinski definition) is 2. The Morgan fingerprint density at radius 3 is 2.85 bits per heavy atom. The predicted molar refractivity (Wildman–Crippen MR) is 124 cm³/mol. The van der Waals surface area contributed by atoms with Crippen LogP contribution in [0.4, 0.5) is 0 Å². The minimum atomic E-state index is -0.761. The number of ether oxygens (including phenoxy) is 2. The van der Waals surface area contributed by atoms with Gasteiger partial charge in [0, 0.05) is 31.9 Å². The van der Waals surface area contributed by atoms with Crippen molar-refractivity contribution in [2.24, 2.45) is 5.16 Å². The molecular weight excluding hydrogens is 464 g/mol. The van der Waals surface area contributed by atoms with Gasteiger partial charge in [-0.25, -0.2) is 4.79 Å². The van der Waals surface area contributed by atoms with Gasteiger partial charge < -0.3 is 29.4 Å². The van der Waals surface area contributed by atoms with Crippen molar-refractivity contribution >= 4 is 29.2 Å². The lowest BCUT2D eigenvalue weighted by Crippen LogP contribution is -2.28. The van der Waals surface area contributed by atoms with Gasteiger partial charge in [0.15, 0.2) is 0 Å². The molecule has 1 aromatic rings. The Labute approximate surface area is 202 Å². The number of carbonyl (C=O) groups is 2. The van der Waals surface area contributed by atoms with E-state index in [2.05, 4.69) is 5.16 Å². The van der Waals surface area contributed by atoms with E-state index in [4.69, 9.17) is 25.9 Å². The number of epoxide rings is 1. The third-order valence-electron chi connectivity index (χ3n) is 5.88. The summed E-state index contributed by atoms with van der Waals surface area (Å²) in [4.78, 5) is 31.9. The molecule has 3 aliphatic heterocycles. The fraction of sp³-hybridized carbons (Fsp3) is 0.458. The van der Waals surface area contributed by atoms with E-state index in [0.717, 1.165) is 12.5 Å². The van der Waals surface area contributed by atoms with E-state index in [0.29, 0.717) is 31.6 Å². The number of halogens is 1. The molecule has 0 aromatic heterocycles. The molecule has 34 heavy (non-hydrogen) atoms. The van der Waals surface area contributed by atoms with Crippen LogP contribution in [-0.2, 0) is 25.5 Å². The molecule has 0 spiro atoms. The molecule has 3 heterocycles. The zero-order valence-electron chi connectivity index (χ0n) is 18.8. The number of oxime groups is 1. The molecule has 4 rings (SSSR count). The number of hydrogen-bond acceptors (Lipinski definition) is 8. The van der Waals surface area contributed by atoms with E-state index >= 15 is 0 Å². The van der Waals surface area contributed by atoms with Gasteiger partial charge in [0.25, 0.3) is 0 Å². The lowest BCUT2D eigenvalue weighted by atomic mass is 9.99. The maximum absolute atomic E-state index is 12.9. The molecule has 0 bridgehead atoms. The van der Waals surface area contributed by atoms with Crippen LogP contribution in [0.2, 0.25) is 5.02 Å². The highest BCUT2D eigenvalue weighted by Gasteiger charge is 2.38. The molecule has 0 radical (unpaired) electrons. The number of cyclic esters (lactones) is 1. The standard InChI is InChI=1S/C24H27ClN2O7/c1-14-11-20-19(34-20)6-3-2-5-15(26-32-10-9-27-8-4-7-21(27)30)12-16-22(24(31)33-14)17(28)13-18(29)23(16)25/h2-3,5-6,13-14,19-20,28-29H,4,7-12H2,1H3/b5-2+,6-3-,26-15-/t14-,19-,20-/m1/s1.